The van der Waals surface area contributed by atoms with Crippen LogP contribution in [0.4, 0.5) is 0 Å². The van der Waals surface area contributed by atoms with E-state index in [2.05, 4.69) is 28.4 Å². The molecule has 0 saturated heterocycles. The van der Waals surface area contributed by atoms with Crippen LogP contribution in [0.5, 0.6) is 0 Å². The van der Waals surface area contributed by atoms with E-state index in [1.165, 1.54) is 14.7 Å². The van der Waals surface area contributed by atoms with Crippen molar-refractivity contribution in [3.8, 4) is 15.2 Å². The quantitative estimate of drug-likeness (QED) is 0.728. The van der Waals surface area contributed by atoms with Crippen LogP contribution in [0.25, 0.3) is 11.1 Å². The van der Waals surface area contributed by atoms with Crippen LogP contribution in [0.2, 0.25) is 0 Å². The molecule has 0 amide bonds. The van der Waals surface area contributed by atoms with Crippen LogP contribution in [0.15, 0.2) is 42.5 Å². The molecule has 0 aliphatic heterocycles. The second kappa shape index (κ2) is 3.79. The van der Waals surface area contributed by atoms with Crippen molar-refractivity contribution in [2.45, 2.75) is 0 Å². The van der Waals surface area contributed by atoms with Gasteiger partial charge in [-0.25, -0.2) is 0 Å². The molecular formula is C11H7NTe. The first-order valence-electron chi connectivity index (χ1n) is 3.95. The molecule has 0 aromatic rings. The molecule has 2 aliphatic rings. The van der Waals surface area contributed by atoms with Crippen LogP contribution >= 0.6 is 0 Å². The Morgan fingerprint density at radius 3 is 2.69 bits per heavy atom. The van der Waals surface area contributed by atoms with Crippen LogP contribution in [-0.2, 0) is 0 Å². The molecule has 0 fully saturated rings. The van der Waals surface area contributed by atoms with E-state index in [9.17, 15) is 0 Å². The fourth-order valence-corrected chi connectivity index (χ4v) is 2.84. The predicted octanol–water partition coefficient (Wildman–Crippen LogP) is 1.60. The first-order valence-corrected chi connectivity index (χ1v) is 6.28. The van der Waals surface area contributed by atoms with Gasteiger partial charge in [0.25, 0.3) is 0 Å². The molecular weight excluding hydrogens is 274 g/mol. The Hall–Kier alpha value is -1.02. The van der Waals surface area contributed by atoms with E-state index in [0.717, 1.165) is 0 Å². The zero-order valence-corrected chi connectivity index (χ0v) is 9.23. The van der Waals surface area contributed by atoms with E-state index in [0.29, 0.717) is 0 Å². The molecule has 1 nitrogen and oxygen atoms in total. The molecule has 13 heavy (non-hydrogen) atoms. The second-order valence-electron chi connectivity index (χ2n) is 2.67. The normalized spacial score (nSPS) is 9.77. The van der Waals surface area contributed by atoms with Crippen LogP contribution in [0.3, 0.4) is 0 Å². The van der Waals surface area contributed by atoms with Gasteiger partial charge in [-0.05, 0) is 0 Å². The number of nitrogens with zero attached hydrogens (tertiary/aromatic N) is 1. The van der Waals surface area contributed by atoms with Gasteiger partial charge < -0.3 is 0 Å². The van der Waals surface area contributed by atoms with Gasteiger partial charge in [0.15, 0.2) is 0 Å². The van der Waals surface area contributed by atoms with Crippen molar-refractivity contribution < 1.29 is 0 Å². The second-order valence-corrected chi connectivity index (χ2v) is 5.03. The van der Waals surface area contributed by atoms with Crippen LogP contribution < -0.4 is 3.61 Å². The number of nitriles is 1. The molecule has 62 valence electrons. The van der Waals surface area contributed by atoms with E-state index in [-0.39, 0.29) is 0 Å². The fourth-order valence-electron chi connectivity index (χ4n) is 1.32. The van der Waals surface area contributed by atoms with E-state index in [1.807, 2.05) is 18.2 Å². The minimum atomic E-state index is -0.628. The van der Waals surface area contributed by atoms with Gasteiger partial charge in [-0.3, -0.25) is 0 Å². The van der Waals surface area contributed by atoms with E-state index in [4.69, 9.17) is 5.26 Å². The van der Waals surface area contributed by atoms with Crippen molar-refractivity contribution in [2.24, 2.45) is 0 Å². The number of hydrogen-bond donors (Lipinski definition) is 0. The molecule has 0 unspecified atom stereocenters. The van der Waals surface area contributed by atoms with Crippen molar-refractivity contribution in [1.82, 2.24) is 0 Å². The van der Waals surface area contributed by atoms with E-state index < -0.39 is 20.9 Å². The number of fused-ring (bicyclic) bond motifs is 1. The summed E-state index contributed by atoms with van der Waals surface area (Å²) in [6, 6.07) is 14.4. The molecule has 2 heteroatoms. The molecule has 0 heterocycles. The maximum absolute atomic E-state index is 8.67. The Kier molecular flexibility index (Phi) is 2.50. The van der Waals surface area contributed by atoms with Crippen molar-refractivity contribution in [1.29, 1.82) is 5.26 Å². The fraction of sp³-hybridized carbons (Fsp3) is 0. The monoisotopic (exact) mass is 283 g/mol. The summed E-state index contributed by atoms with van der Waals surface area (Å²) in [7, 11) is 0. The first kappa shape index (κ1) is 8.57. The van der Waals surface area contributed by atoms with Gasteiger partial charge in [0, 0.05) is 0 Å². The Bertz CT molecular complexity index is 431. The van der Waals surface area contributed by atoms with Crippen molar-refractivity contribution in [3.05, 3.63) is 42.5 Å². The first-order chi connectivity index (χ1) is 6.42. The van der Waals surface area contributed by atoms with E-state index in [1.54, 1.807) is 0 Å². The Labute approximate surface area is 87.4 Å². The third-order valence-electron chi connectivity index (χ3n) is 1.91. The minimum absolute atomic E-state index is 0.628. The molecule has 0 saturated carbocycles. The average molecular weight is 281 g/mol. The van der Waals surface area contributed by atoms with Crippen LogP contribution in [0, 0.1) is 9.38 Å². The summed E-state index contributed by atoms with van der Waals surface area (Å²) in [5.74, 6) is 0. The molecule has 0 atom stereocenters. The molecule has 0 N–H and O–H groups in total. The molecule has 0 spiro atoms. The van der Waals surface area contributed by atoms with Crippen molar-refractivity contribution in [2.75, 3.05) is 0 Å². The van der Waals surface area contributed by atoms with Gasteiger partial charge in [-0.15, -0.1) is 0 Å². The average Bonchev–Trinajstić information content (AvgIpc) is 2.38. The van der Waals surface area contributed by atoms with Crippen LogP contribution in [0.1, 0.15) is 0 Å². The molecule has 2 rings (SSSR count). The van der Waals surface area contributed by atoms with Crippen LogP contribution in [-0.4, -0.2) is 20.9 Å². The molecule has 2 aliphatic carbocycles. The Balaban J connectivity index is 2.56. The summed E-state index contributed by atoms with van der Waals surface area (Å²) in [4.78, 5) is 0. The standard InChI is InChI=1S/C11H7NTe/c12-8-13-11-7-6-9-4-2-1-3-5-10(9)11/h1-7H. The van der Waals surface area contributed by atoms with Gasteiger partial charge in [0.05, 0.1) is 0 Å². The predicted molar refractivity (Wildman–Crippen MR) is 54.1 cm³/mol. The number of hydrogen-bond acceptors (Lipinski definition) is 1. The molecule has 0 aromatic carbocycles. The summed E-state index contributed by atoms with van der Waals surface area (Å²) in [5.41, 5.74) is 2.48. The van der Waals surface area contributed by atoms with Crippen molar-refractivity contribution in [3.63, 3.8) is 0 Å². The Morgan fingerprint density at radius 2 is 1.85 bits per heavy atom. The van der Waals surface area contributed by atoms with Gasteiger partial charge in [0.1, 0.15) is 0 Å². The summed E-state index contributed by atoms with van der Waals surface area (Å²) in [6.45, 7) is 0. The Morgan fingerprint density at radius 1 is 1.00 bits per heavy atom. The third-order valence-corrected chi connectivity index (χ3v) is 3.81. The number of rotatable bonds is 1. The molecule has 0 radical (unpaired) electrons. The van der Waals surface area contributed by atoms with Gasteiger partial charge >= 0.3 is 87.5 Å². The molecule has 0 aromatic heterocycles. The summed E-state index contributed by atoms with van der Waals surface area (Å²) in [5, 5.41) is 8.67. The summed E-state index contributed by atoms with van der Waals surface area (Å²) < 4.78 is 3.55. The zero-order valence-electron chi connectivity index (χ0n) is 6.90. The van der Waals surface area contributed by atoms with Gasteiger partial charge in [-0.2, -0.15) is 0 Å². The topological polar surface area (TPSA) is 23.8 Å². The van der Waals surface area contributed by atoms with Gasteiger partial charge in [-0.1, -0.05) is 0 Å². The zero-order chi connectivity index (χ0) is 9.10. The van der Waals surface area contributed by atoms with Gasteiger partial charge in [0.2, 0.25) is 0 Å². The van der Waals surface area contributed by atoms with E-state index >= 15 is 0 Å². The summed E-state index contributed by atoms with van der Waals surface area (Å²) in [6.07, 6.45) is 0. The SMILES string of the molecule is N#C[Te]c1ccc2cccccc1-2. The third kappa shape index (κ3) is 1.68. The van der Waals surface area contributed by atoms with Crippen molar-refractivity contribution >= 4 is 24.5 Å². The maximum atomic E-state index is 8.67. The molecule has 0 bridgehead atoms. The summed E-state index contributed by atoms with van der Waals surface area (Å²) >= 11 is -0.628.